The summed E-state index contributed by atoms with van der Waals surface area (Å²) in [5.74, 6) is 0. The van der Waals surface area contributed by atoms with Gasteiger partial charge >= 0.3 is 0 Å². The first kappa shape index (κ1) is 17.2. The van der Waals surface area contributed by atoms with Crippen molar-refractivity contribution >= 4 is 0 Å². The molecule has 0 saturated carbocycles. The van der Waals surface area contributed by atoms with Gasteiger partial charge in [-0.05, 0) is 30.4 Å². The SMILES string of the molecule is CCC(CCCC#N)N(Cc1ccccc1)Cc1ccccc1. The van der Waals surface area contributed by atoms with Gasteiger partial charge < -0.3 is 0 Å². The molecule has 0 aliphatic heterocycles. The lowest BCUT2D eigenvalue weighted by molar-refractivity contribution is 0.162. The normalized spacial score (nSPS) is 12.0. The third-order valence-electron chi connectivity index (χ3n) is 4.27. The fraction of sp³-hybridized carbons (Fsp3) is 0.381. The van der Waals surface area contributed by atoms with Crippen LogP contribution < -0.4 is 0 Å². The van der Waals surface area contributed by atoms with Crippen LogP contribution in [-0.4, -0.2) is 10.9 Å². The van der Waals surface area contributed by atoms with Crippen LogP contribution in [0.25, 0.3) is 0 Å². The lowest BCUT2D eigenvalue weighted by Crippen LogP contribution is -2.34. The third-order valence-corrected chi connectivity index (χ3v) is 4.27. The molecular formula is C21H26N2. The minimum absolute atomic E-state index is 0.517. The molecule has 2 rings (SSSR count). The summed E-state index contributed by atoms with van der Waals surface area (Å²) in [4.78, 5) is 2.56. The summed E-state index contributed by atoms with van der Waals surface area (Å²) in [7, 11) is 0. The fourth-order valence-corrected chi connectivity index (χ4v) is 3.01. The van der Waals surface area contributed by atoms with E-state index in [2.05, 4.69) is 78.6 Å². The number of hydrogen-bond acceptors (Lipinski definition) is 2. The van der Waals surface area contributed by atoms with Crippen molar-refractivity contribution < 1.29 is 0 Å². The number of benzene rings is 2. The highest BCUT2D eigenvalue weighted by atomic mass is 15.1. The first-order valence-electron chi connectivity index (χ1n) is 8.52. The van der Waals surface area contributed by atoms with Crippen molar-refractivity contribution in [2.75, 3.05) is 0 Å². The Hall–Kier alpha value is -2.11. The van der Waals surface area contributed by atoms with Crippen LogP contribution in [0.5, 0.6) is 0 Å². The van der Waals surface area contributed by atoms with Crippen molar-refractivity contribution in [1.82, 2.24) is 4.90 Å². The molecule has 0 radical (unpaired) electrons. The van der Waals surface area contributed by atoms with Gasteiger partial charge in [0.05, 0.1) is 6.07 Å². The van der Waals surface area contributed by atoms with Crippen LogP contribution in [0.3, 0.4) is 0 Å². The number of rotatable bonds is 9. The van der Waals surface area contributed by atoms with Crippen molar-refractivity contribution in [2.45, 2.75) is 51.7 Å². The molecule has 0 aromatic heterocycles. The van der Waals surface area contributed by atoms with Gasteiger partial charge in [-0.3, -0.25) is 4.90 Å². The maximum atomic E-state index is 8.80. The molecule has 0 bridgehead atoms. The maximum Gasteiger partial charge on any atom is 0.0621 e. The summed E-state index contributed by atoms with van der Waals surface area (Å²) in [5, 5.41) is 8.80. The van der Waals surface area contributed by atoms with E-state index in [1.165, 1.54) is 11.1 Å². The topological polar surface area (TPSA) is 27.0 Å². The Kier molecular flexibility index (Phi) is 7.36. The zero-order valence-corrected chi connectivity index (χ0v) is 14.0. The lowest BCUT2D eigenvalue weighted by atomic mass is 10.0. The highest BCUT2D eigenvalue weighted by Crippen LogP contribution is 2.19. The Morgan fingerprint density at radius 3 is 1.87 bits per heavy atom. The number of unbranched alkanes of at least 4 members (excludes halogenated alkanes) is 1. The predicted molar refractivity (Wildman–Crippen MR) is 95.7 cm³/mol. The van der Waals surface area contributed by atoms with Crippen molar-refractivity contribution in [3.05, 3.63) is 71.8 Å². The van der Waals surface area contributed by atoms with E-state index in [4.69, 9.17) is 5.26 Å². The summed E-state index contributed by atoms with van der Waals surface area (Å²) in [6.45, 7) is 4.17. The molecule has 0 spiro atoms. The molecule has 120 valence electrons. The van der Waals surface area contributed by atoms with Gasteiger partial charge in [-0.2, -0.15) is 5.26 Å². The molecular weight excluding hydrogens is 280 g/mol. The molecule has 0 amide bonds. The zero-order valence-electron chi connectivity index (χ0n) is 14.0. The fourth-order valence-electron chi connectivity index (χ4n) is 3.01. The van der Waals surface area contributed by atoms with E-state index in [9.17, 15) is 0 Å². The van der Waals surface area contributed by atoms with Crippen LogP contribution in [0.1, 0.15) is 43.7 Å². The summed E-state index contributed by atoms with van der Waals surface area (Å²) in [5.41, 5.74) is 2.70. The minimum Gasteiger partial charge on any atom is -0.292 e. The summed E-state index contributed by atoms with van der Waals surface area (Å²) >= 11 is 0. The minimum atomic E-state index is 0.517. The highest BCUT2D eigenvalue weighted by molar-refractivity contribution is 5.17. The molecule has 2 aromatic carbocycles. The second-order valence-corrected chi connectivity index (χ2v) is 5.99. The van der Waals surface area contributed by atoms with Crippen LogP contribution in [0.4, 0.5) is 0 Å². The second kappa shape index (κ2) is 9.82. The number of nitriles is 1. The van der Waals surface area contributed by atoms with E-state index in [0.717, 1.165) is 32.4 Å². The lowest BCUT2D eigenvalue weighted by Gasteiger charge is -2.31. The van der Waals surface area contributed by atoms with Gasteiger partial charge in [0, 0.05) is 25.6 Å². The van der Waals surface area contributed by atoms with Gasteiger partial charge in [0.1, 0.15) is 0 Å². The molecule has 0 saturated heterocycles. The van der Waals surface area contributed by atoms with Crippen molar-refractivity contribution in [1.29, 1.82) is 5.26 Å². The quantitative estimate of drug-likeness (QED) is 0.598. The summed E-state index contributed by atoms with van der Waals surface area (Å²) in [6.07, 6.45) is 3.84. The van der Waals surface area contributed by atoms with E-state index < -0.39 is 0 Å². The number of hydrogen-bond donors (Lipinski definition) is 0. The zero-order chi connectivity index (χ0) is 16.3. The second-order valence-electron chi connectivity index (χ2n) is 5.99. The molecule has 0 N–H and O–H groups in total. The average Bonchev–Trinajstić information content (AvgIpc) is 2.60. The van der Waals surface area contributed by atoms with E-state index in [1.807, 2.05) is 0 Å². The smallest absolute Gasteiger partial charge is 0.0621 e. The van der Waals surface area contributed by atoms with E-state index >= 15 is 0 Å². The van der Waals surface area contributed by atoms with Gasteiger partial charge in [0.25, 0.3) is 0 Å². The van der Waals surface area contributed by atoms with E-state index in [1.54, 1.807) is 0 Å². The summed E-state index contributed by atoms with van der Waals surface area (Å²) in [6, 6.07) is 24.1. The molecule has 1 unspecified atom stereocenters. The van der Waals surface area contributed by atoms with Crippen LogP contribution in [0.2, 0.25) is 0 Å². The largest absolute Gasteiger partial charge is 0.292 e. The van der Waals surface area contributed by atoms with Gasteiger partial charge in [0.15, 0.2) is 0 Å². The Bertz CT molecular complexity index is 545. The van der Waals surface area contributed by atoms with Gasteiger partial charge in [0.2, 0.25) is 0 Å². The molecule has 0 aliphatic rings. The first-order valence-corrected chi connectivity index (χ1v) is 8.52. The molecule has 2 nitrogen and oxygen atoms in total. The van der Waals surface area contributed by atoms with Crippen LogP contribution in [-0.2, 0) is 13.1 Å². The monoisotopic (exact) mass is 306 g/mol. The van der Waals surface area contributed by atoms with Crippen LogP contribution >= 0.6 is 0 Å². The number of nitrogens with zero attached hydrogens (tertiary/aromatic N) is 2. The van der Waals surface area contributed by atoms with Gasteiger partial charge in [-0.1, -0.05) is 67.6 Å². The van der Waals surface area contributed by atoms with Gasteiger partial charge in [-0.25, -0.2) is 0 Å². The summed E-state index contributed by atoms with van der Waals surface area (Å²) < 4.78 is 0. The van der Waals surface area contributed by atoms with Crippen LogP contribution in [0.15, 0.2) is 60.7 Å². The predicted octanol–water partition coefficient (Wildman–Crippen LogP) is 5.16. The molecule has 0 aliphatic carbocycles. The van der Waals surface area contributed by atoms with Crippen molar-refractivity contribution in [3.8, 4) is 6.07 Å². The first-order chi connectivity index (χ1) is 11.3. The molecule has 2 aromatic rings. The Labute approximate surface area is 140 Å². The molecule has 23 heavy (non-hydrogen) atoms. The Morgan fingerprint density at radius 1 is 0.913 bits per heavy atom. The van der Waals surface area contributed by atoms with Crippen molar-refractivity contribution in [3.63, 3.8) is 0 Å². The van der Waals surface area contributed by atoms with Gasteiger partial charge in [-0.15, -0.1) is 0 Å². The molecule has 0 heterocycles. The Morgan fingerprint density at radius 2 is 1.43 bits per heavy atom. The molecule has 2 heteroatoms. The average molecular weight is 306 g/mol. The van der Waals surface area contributed by atoms with E-state index in [0.29, 0.717) is 12.5 Å². The highest BCUT2D eigenvalue weighted by Gasteiger charge is 2.17. The molecule has 1 atom stereocenters. The standard InChI is InChI=1S/C21H26N2/c1-2-21(15-9-10-16-22)23(17-19-11-5-3-6-12-19)18-20-13-7-4-8-14-20/h3-8,11-14,21H,2,9-10,15,17-18H2,1H3. The van der Waals surface area contributed by atoms with E-state index in [-0.39, 0.29) is 0 Å². The van der Waals surface area contributed by atoms with Crippen molar-refractivity contribution in [2.24, 2.45) is 0 Å². The Balaban J connectivity index is 2.10. The maximum absolute atomic E-state index is 8.80. The molecule has 0 fully saturated rings. The van der Waals surface area contributed by atoms with Crippen LogP contribution in [0, 0.1) is 11.3 Å². The third kappa shape index (κ3) is 5.88.